The SMILES string of the molecule is CCNCCN1C(=O)CC(SC(C)C)C1=O. The molecule has 1 aliphatic heterocycles. The monoisotopic (exact) mass is 244 g/mol. The van der Waals surface area contributed by atoms with E-state index in [-0.39, 0.29) is 17.1 Å². The molecule has 0 bridgehead atoms. The summed E-state index contributed by atoms with van der Waals surface area (Å²) in [5.41, 5.74) is 0. The fraction of sp³-hybridized carbons (Fsp3) is 0.818. The Morgan fingerprint density at radius 1 is 1.50 bits per heavy atom. The van der Waals surface area contributed by atoms with Gasteiger partial charge in [-0.25, -0.2) is 0 Å². The summed E-state index contributed by atoms with van der Waals surface area (Å²) in [6.07, 6.45) is 0.369. The second-order valence-corrected chi connectivity index (χ2v) is 5.90. The molecule has 0 radical (unpaired) electrons. The Balaban J connectivity index is 2.47. The predicted octanol–water partition coefficient (Wildman–Crippen LogP) is 0.865. The van der Waals surface area contributed by atoms with Gasteiger partial charge in [0.2, 0.25) is 11.8 Å². The van der Waals surface area contributed by atoms with Crippen LogP contribution in [0.25, 0.3) is 0 Å². The Bertz CT molecular complexity index is 269. The summed E-state index contributed by atoms with van der Waals surface area (Å²) >= 11 is 1.58. The predicted molar refractivity (Wildman–Crippen MR) is 66.4 cm³/mol. The molecule has 92 valence electrons. The molecule has 1 atom stereocenters. The van der Waals surface area contributed by atoms with E-state index >= 15 is 0 Å². The zero-order chi connectivity index (χ0) is 12.1. The van der Waals surface area contributed by atoms with Crippen LogP contribution >= 0.6 is 11.8 Å². The number of hydrogen-bond donors (Lipinski definition) is 1. The second kappa shape index (κ2) is 6.25. The van der Waals surface area contributed by atoms with Gasteiger partial charge in [0.15, 0.2) is 0 Å². The van der Waals surface area contributed by atoms with Crippen LogP contribution in [0.5, 0.6) is 0 Å². The van der Waals surface area contributed by atoms with E-state index < -0.39 is 0 Å². The molecule has 16 heavy (non-hydrogen) atoms. The first-order valence-corrected chi connectivity index (χ1v) is 6.71. The molecule has 2 amide bonds. The molecule has 4 nitrogen and oxygen atoms in total. The van der Waals surface area contributed by atoms with Crippen LogP contribution in [-0.4, -0.2) is 46.8 Å². The minimum Gasteiger partial charge on any atom is -0.315 e. The molecule has 0 spiro atoms. The van der Waals surface area contributed by atoms with Gasteiger partial charge < -0.3 is 5.32 Å². The fourth-order valence-corrected chi connectivity index (χ4v) is 2.83. The Hall–Kier alpha value is -0.550. The number of thioether (sulfide) groups is 1. The summed E-state index contributed by atoms with van der Waals surface area (Å²) < 4.78 is 0. The van der Waals surface area contributed by atoms with Crippen molar-refractivity contribution >= 4 is 23.6 Å². The summed E-state index contributed by atoms with van der Waals surface area (Å²) in [7, 11) is 0. The zero-order valence-electron chi connectivity index (χ0n) is 10.2. The molecule has 1 fully saturated rings. The molecule has 1 N–H and O–H groups in total. The van der Waals surface area contributed by atoms with Crippen LogP contribution in [0.3, 0.4) is 0 Å². The molecule has 1 heterocycles. The number of imide groups is 1. The standard InChI is InChI=1S/C11H20N2O2S/c1-4-12-5-6-13-10(14)7-9(11(13)15)16-8(2)3/h8-9,12H,4-7H2,1-3H3. The van der Waals surface area contributed by atoms with Crippen molar-refractivity contribution in [2.45, 2.75) is 37.7 Å². The molecule has 0 saturated carbocycles. The first-order chi connectivity index (χ1) is 7.56. The van der Waals surface area contributed by atoms with Gasteiger partial charge in [0.05, 0.1) is 5.25 Å². The van der Waals surface area contributed by atoms with E-state index in [0.29, 0.717) is 24.8 Å². The highest BCUT2D eigenvalue weighted by atomic mass is 32.2. The van der Waals surface area contributed by atoms with Crippen LogP contribution in [0.1, 0.15) is 27.2 Å². The average molecular weight is 244 g/mol. The van der Waals surface area contributed by atoms with Crippen LogP contribution in [0.2, 0.25) is 0 Å². The molecule has 1 aliphatic rings. The molecule has 0 aromatic carbocycles. The van der Waals surface area contributed by atoms with E-state index in [0.717, 1.165) is 6.54 Å². The summed E-state index contributed by atoms with van der Waals surface area (Å²) in [4.78, 5) is 24.9. The maximum atomic E-state index is 11.9. The lowest BCUT2D eigenvalue weighted by Crippen LogP contribution is -2.37. The average Bonchev–Trinajstić information content (AvgIpc) is 2.45. The maximum absolute atomic E-state index is 11.9. The van der Waals surface area contributed by atoms with E-state index in [4.69, 9.17) is 0 Å². The van der Waals surface area contributed by atoms with Gasteiger partial charge in [-0.1, -0.05) is 20.8 Å². The number of hydrogen-bond acceptors (Lipinski definition) is 4. The van der Waals surface area contributed by atoms with Crippen molar-refractivity contribution in [3.8, 4) is 0 Å². The summed E-state index contributed by atoms with van der Waals surface area (Å²) in [5, 5.41) is 3.35. The number of amides is 2. The van der Waals surface area contributed by atoms with Gasteiger partial charge in [0.25, 0.3) is 0 Å². The molecule has 5 heteroatoms. The quantitative estimate of drug-likeness (QED) is 0.556. The number of carbonyl (C=O) groups excluding carboxylic acids is 2. The molecule has 0 aromatic rings. The lowest BCUT2D eigenvalue weighted by molar-refractivity contribution is -0.138. The Labute approximate surface area is 101 Å². The van der Waals surface area contributed by atoms with Gasteiger partial charge in [0, 0.05) is 19.5 Å². The van der Waals surface area contributed by atoms with Crippen LogP contribution in [-0.2, 0) is 9.59 Å². The van der Waals surface area contributed by atoms with Crippen molar-refractivity contribution < 1.29 is 9.59 Å². The molecule has 0 aliphatic carbocycles. The van der Waals surface area contributed by atoms with Gasteiger partial charge >= 0.3 is 0 Å². The second-order valence-electron chi connectivity index (χ2n) is 4.11. The highest BCUT2D eigenvalue weighted by Crippen LogP contribution is 2.27. The first-order valence-electron chi connectivity index (χ1n) is 5.76. The molecular weight excluding hydrogens is 224 g/mol. The van der Waals surface area contributed by atoms with Crippen molar-refractivity contribution in [2.24, 2.45) is 0 Å². The van der Waals surface area contributed by atoms with Gasteiger partial charge in [-0.3, -0.25) is 14.5 Å². The maximum Gasteiger partial charge on any atom is 0.242 e. The largest absolute Gasteiger partial charge is 0.315 e. The molecular formula is C11H20N2O2S. The van der Waals surface area contributed by atoms with Gasteiger partial charge in [-0.05, 0) is 11.8 Å². The number of likely N-dealkylation sites (N-methyl/N-ethyl adjacent to an activating group) is 1. The van der Waals surface area contributed by atoms with Crippen LogP contribution in [0.4, 0.5) is 0 Å². The van der Waals surface area contributed by atoms with Crippen molar-refractivity contribution in [1.29, 1.82) is 0 Å². The number of nitrogens with zero attached hydrogens (tertiary/aromatic N) is 1. The van der Waals surface area contributed by atoms with Crippen LogP contribution in [0, 0.1) is 0 Å². The smallest absolute Gasteiger partial charge is 0.242 e. The topological polar surface area (TPSA) is 49.4 Å². The molecule has 1 saturated heterocycles. The Morgan fingerprint density at radius 3 is 2.75 bits per heavy atom. The zero-order valence-corrected chi connectivity index (χ0v) is 11.0. The van der Waals surface area contributed by atoms with E-state index in [1.807, 2.05) is 20.8 Å². The minimum atomic E-state index is -0.158. The first kappa shape index (κ1) is 13.5. The van der Waals surface area contributed by atoms with Gasteiger partial charge in [0.1, 0.15) is 0 Å². The fourth-order valence-electron chi connectivity index (χ4n) is 1.69. The number of carbonyl (C=O) groups is 2. The Kier molecular flexibility index (Phi) is 5.28. The number of likely N-dealkylation sites (tertiary alicyclic amines) is 1. The summed E-state index contributed by atoms with van der Waals surface area (Å²) in [6.45, 7) is 8.15. The summed E-state index contributed by atoms with van der Waals surface area (Å²) in [5.74, 6) is -0.0392. The van der Waals surface area contributed by atoms with Crippen molar-refractivity contribution in [2.75, 3.05) is 19.6 Å². The van der Waals surface area contributed by atoms with Crippen molar-refractivity contribution in [1.82, 2.24) is 10.2 Å². The molecule has 1 unspecified atom stereocenters. The van der Waals surface area contributed by atoms with E-state index in [2.05, 4.69) is 5.32 Å². The lowest BCUT2D eigenvalue weighted by atomic mass is 10.4. The van der Waals surface area contributed by atoms with Crippen molar-refractivity contribution in [3.63, 3.8) is 0 Å². The lowest BCUT2D eigenvalue weighted by Gasteiger charge is -2.15. The van der Waals surface area contributed by atoms with Crippen LogP contribution < -0.4 is 5.32 Å². The van der Waals surface area contributed by atoms with E-state index in [9.17, 15) is 9.59 Å². The van der Waals surface area contributed by atoms with Gasteiger partial charge in [-0.2, -0.15) is 0 Å². The summed E-state index contributed by atoms with van der Waals surface area (Å²) in [6, 6.07) is 0. The van der Waals surface area contributed by atoms with Crippen molar-refractivity contribution in [3.05, 3.63) is 0 Å². The highest BCUT2D eigenvalue weighted by Gasteiger charge is 2.38. The van der Waals surface area contributed by atoms with Crippen LogP contribution in [0.15, 0.2) is 0 Å². The van der Waals surface area contributed by atoms with E-state index in [1.165, 1.54) is 4.90 Å². The third kappa shape index (κ3) is 3.49. The normalized spacial score (nSPS) is 21.2. The number of nitrogens with one attached hydrogen (secondary N) is 1. The van der Waals surface area contributed by atoms with Gasteiger partial charge in [-0.15, -0.1) is 11.8 Å². The van der Waals surface area contributed by atoms with E-state index in [1.54, 1.807) is 11.8 Å². The molecule has 1 rings (SSSR count). The number of rotatable bonds is 6. The molecule has 0 aromatic heterocycles. The third-order valence-electron chi connectivity index (χ3n) is 2.40. The minimum absolute atomic E-state index is 0.0124. The highest BCUT2D eigenvalue weighted by molar-refractivity contribution is 8.01. The Morgan fingerprint density at radius 2 is 2.19 bits per heavy atom. The third-order valence-corrected chi connectivity index (χ3v) is 3.64.